The normalized spacial score (nSPS) is 11.2. The van der Waals surface area contributed by atoms with E-state index in [0.29, 0.717) is 19.1 Å². The fourth-order valence-corrected chi connectivity index (χ4v) is 8.63. The summed E-state index contributed by atoms with van der Waals surface area (Å²) < 4.78 is 3.52. The molecule has 0 aliphatic carbocycles. The number of benzene rings is 3. The van der Waals surface area contributed by atoms with Crippen LogP contribution in [0.5, 0.6) is 0 Å². The summed E-state index contributed by atoms with van der Waals surface area (Å²) in [4.78, 5) is 29.9. The standard InChI is InChI=1S/C25H18Br4N2O3S2/c1-10-6-11(2)14(12(3)7-10)9-35-25-31-15-5-4-13(8-16(15)36-25)30-23(32)17-18(24(33)34)20(27)22(29)21(28)19(17)26/h4-8H,9H2,1-3H3,(H,30,32)(H,33,34). The zero-order valence-corrected chi connectivity index (χ0v) is 27.1. The summed E-state index contributed by atoms with van der Waals surface area (Å²) in [6, 6.07) is 9.88. The van der Waals surface area contributed by atoms with E-state index in [0.717, 1.165) is 20.3 Å². The summed E-state index contributed by atoms with van der Waals surface area (Å²) in [6.07, 6.45) is 0. The number of aromatic nitrogens is 1. The predicted octanol–water partition coefficient (Wildman–Crippen LogP) is 9.51. The number of nitrogens with zero attached hydrogens (tertiary/aromatic N) is 1. The first-order chi connectivity index (χ1) is 17.0. The number of hydrogen-bond acceptors (Lipinski definition) is 5. The molecule has 0 aliphatic heterocycles. The molecule has 0 radical (unpaired) electrons. The van der Waals surface area contributed by atoms with Crippen LogP contribution in [0.2, 0.25) is 0 Å². The second-order valence-electron chi connectivity index (χ2n) is 8.09. The number of aromatic carboxylic acids is 1. The summed E-state index contributed by atoms with van der Waals surface area (Å²) in [5.41, 5.74) is 6.41. The van der Waals surface area contributed by atoms with Crippen molar-refractivity contribution >= 4 is 115 Å². The summed E-state index contributed by atoms with van der Waals surface area (Å²) in [7, 11) is 0. The number of rotatable bonds is 6. The lowest BCUT2D eigenvalue weighted by molar-refractivity contribution is 0.0691. The third-order valence-electron chi connectivity index (χ3n) is 5.52. The fourth-order valence-electron chi connectivity index (χ4n) is 3.85. The summed E-state index contributed by atoms with van der Waals surface area (Å²) in [6.45, 7) is 6.38. The molecule has 0 bridgehead atoms. The van der Waals surface area contributed by atoms with Gasteiger partial charge < -0.3 is 10.4 Å². The highest BCUT2D eigenvalue weighted by Crippen LogP contribution is 2.42. The lowest BCUT2D eigenvalue weighted by Gasteiger charge is -2.14. The molecular weight excluding hydrogens is 760 g/mol. The Morgan fingerprint density at radius 3 is 2.17 bits per heavy atom. The third-order valence-corrected chi connectivity index (χ3v) is 12.5. The molecule has 1 heterocycles. The van der Waals surface area contributed by atoms with E-state index in [1.165, 1.54) is 22.3 Å². The van der Waals surface area contributed by atoms with E-state index >= 15 is 0 Å². The number of hydrogen-bond donors (Lipinski definition) is 2. The number of carboxylic acids is 1. The largest absolute Gasteiger partial charge is 0.478 e. The van der Waals surface area contributed by atoms with Gasteiger partial charge in [-0.15, -0.1) is 11.3 Å². The van der Waals surface area contributed by atoms with E-state index in [-0.39, 0.29) is 15.6 Å². The molecule has 1 amide bonds. The number of anilines is 1. The first-order valence-corrected chi connectivity index (χ1v) is 15.5. The van der Waals surface area contributed by atoms with Crippen LogP contribution in [0.25, 0.3) is 10.2 Å². The van der Waals surface area contributed by atoms with Gasteiger partial charge in [-0.3, -0.25) is 4.79 Å². The average Bonchev–Trinajstić information content (AvgIpc) is 3.20. The number of aryl methyl sites for hydroxylation is 3. The Balaban J connectivity index is 1.59. The van der Waals surface area contributed by atoms with Gasteiger partial charge in [0.2, 0.25) is 0 Å². The molecule has 0 saturated heterocycles. The molecule has 11 heteroatoms. The Bertz CT molecular complexity index is 1530. The lowest BCUT2D eigenvalue weighted by atomic mass is 10.0. The van der Waals surface area contributed by atoms with Crippen LogP contribution in [0.1, 0.15) is 43.0 Å². The predicted molar refractivity (Wildman–Crippen MR) is 162 cm³/mol. The van der Waals surface area contributed by atoms with Gasteiger partial charge in [-0.2, -0.15) is 0 Å². The Morgan fingerprint density at radius 2 is 1.56 bits per heavy atom. The van der Waals surface area contributed by atoms with Crippen molar-refractivity contribution in [2.75, 3.05) is 5.32 Å². The smallest absolute Gasteiger partial charge is 0.337 e. The van der Waals surface area contributed by atoms with E-state index in [1.54, 1.807) is 29.2 Å². The van der Waals surface area contributed by atoms with Crippen LogP contribution in [0.15, 0.2) is 52.6 Å². The van der Waals surface area contributed by atoms with Crippen LogP contribution < -0.4 is 5.32 Å². The minimum atomic E-state index is -1.22. The number of thiazole rings is 1. The van der Waals surface area contributed by atoms with E-state index in [1.807, 2.05) is 12.1 Å². The van der Waals surface area contributed by atoms with E-state index in [4.69, 9.17) is 4.98 Å². The highest BCUT2D eigenvalue weighted by Gasteiger charge is 2.28. The molecule has 186 valence electrons. The van der Waals surface area contributed by atoms with Crippen LogP contribution >= 0.6 is 86.8 Å². The van der Waals surface area contributed by atoms with E-state index < -0.39 is 11.9 Å². The molecule has 36 heavy (non-hydrogen) atoms. The number of carboxylic acid groups (broad SMARTS) is 1. The molecule has 0 fully saturated rings. The minimum absolute atomic E-state index is 0.00827. The fraction of sp³-hybridized carbons (Fsp3) is 0.160. The highest BCUT2D eigenvalue weighted by molar-refractivity contribution is 9.15. The van der Waals surface area contributed by atoms with Crippen LogP contribution in [-0.4, -0.2) is 22.0 Å². The lowest BCUT2D eigenvalue weighted by Crippen LogP contribution is -2.18. The van der Waals surface area contributed by atoms with Gasteiger partial charge >= 0.3 is 5.97 Å². The second kappa shape index (κ2) is 11.2. The highest BCUT2D eigenvalue weighted by atomic mass is 79.9. The van der Waals surface area contributed by atoms with Crippen molar-refractivity contribution in [1.29, 1.82) is 0 Å². The van der Waals surface area contributed by atoms with Gasteiger partial charge in [-0.25, -0.2) is 9.78 Å². The van der Waals surface area contributed by atoms with Crippen molar-refractivity contribution in [3.63, 3.8) is 0 Å². The van der Waals surface area contributed by atoms with Crippen molar-refractivity contribution in [3.05, 3.63) is 81.6 Å². The van der Waals surface area contributed by atoms with E-state index in [2.05, 4.69) is 102 Å². The molecule has 0 spiro atoms. The van der Waals surface area contributed by atoms with Crippen LogP contribution in [0, 0.1) is 20.8 Å². The van der Waals surface area contributed by atoms with Crippen LogP contribution in [0.3, 0.4) is 0 Å². The molecule has 1 aromatic heterocycles. The van der Waals surface area contributed by atoms with Gasteiger partial charge in [0.15, 0.2) is 4.34 Å². The number of carbonyl (C=O) groups is 2. The van der Waals surface area contributed by atoms with Gasteiger partial charge in [0.1, 0.15) is 0 Å². The zero-order valence-electron chi connectivity index (χ0n) is 19.1. The van der Waals surface area contributed by atoms with Crippen molar-refractivity contribution in [2.45, 2.75) is 30.9 Å². The first-order valence-electron chi connectivity index (χ1n) is 10.5. The molecule has 2 N–H and O–H groups in total. The summed E-state index contributed by atoms with van der Waals surface area (Å²) in [5, 5.41) is 12.6. The van der Waals surface area contributed by atoms with Gasteiger partial charge in [-0.1, -0.05) is 29.5 Å². The van der Waals surface area contributed by atoms with E-state index in [9.17, 15) is 14.7 Å². The molecule has 0 saturated carbocycles. The molecule has 4 rings (SSSR count). The number of carbonyl (C=O) groups excluding carboxylic acids is 1. The number of thioether (sulfide) groups is 1. The van der Waals surface area contributed by atoms with Crippen LogP contribution in [0.4, 0.5) is 5.69 Å². The van der Waals surface area contributed by atoms with Crippen molar-refractivity contribution in [1.82, 2.24) is 4.98 Å². The Hall–Kier alpha value is -1.24. The summed E-state index contributed by atoms with van der Waals surface area (Å²) >= 11 is 16.6. The monoisotopic (exact) mass is 774 g/mol. The van der Waals surface area contributed by atoms with Crippen LogP contribution in [-0.2, 0) is 5.75 Å². The van der Waals surface area contributed by atoms with Gasteiger partial charge in [0.05, 0.1) is 21.3 Å². The molecule has 5 nitrogen and oxygen atoms in total. The maximum atomic E-state index is 13.2. The maximum absolute atomic E-state index is 13.2. The number of amides is 1. The van der Waals surface area contributed by atoms with Crippen molar-refractivity contribution < 1.29 is 14.7 Å². The minimum Gasteiger partial charge on any atom is -0.478 e. The number of halogens is 4. The Labute approximate surface area is 250 Å². The Morgan fingerprint density at radius 1 is 0.944 bits per heavy atom. The summed E-state index contributed by atoms with van der Waals surface area (Å²) in [5.74, 6) is -0.933. The molecular formula is C25H18Br4N2O3S2. The second-order valence-corrected chi connectivity index (χ2v) is 13.5. The molecule has 4 aromatic rings. The third kappa shape index (κ3) is 5.61. The molecule has 0 aliphatic rings. The molecule has 3 aromatic carbocycles. The quantitative estimate of drug-likeness (QED) is 0.116. The van der Waals surface area contributed by atoms with Gasteiger partial charge in [-0.05, 0) is 119 Å². The molecule has 0 unspecified atom stereocenters. The number of fused-ring (bicyclic) bond motifs is 1. The topological polar surface area (TPSA) is 79.3 Å². The first kappa shape index (κ1) is 27.8. The zero-order chi connectivity index (χ0) is 26.3. The average molecular weight is 778 g/mol. The van der Waals surface area contributed by atoms with Crippen molar-refractivity contribution in [2.24, 2.45) is 0 Å². The van der Waals surface area contributed by atoms with Gasteiger partial charge in [0.25, 0.3) is 5.91 Å². The Kier molecular flexibility index (Phi) is 8.68. The molecule has 0 atom stereocenters. The maximum Gasteiger partial charge on any atom is 0.337 e. The van der Waals surface area contributed by atoms with Crippen molar-refractivity contribution in [3.8, 4) is 0 Å². The number of nitrogens with one attached hydrogen (secondary N) is 1. The SMILES string of the molecule is Cc1cc(C)c(CSc2nc3ccc(NC(=O)c4c(Br)c(Br)c(Br)c(Br)c4C(=O)O)cc3s2)c(C)c1. The van der Waals surface area contributed by atoms with Gasteiger partial charge in [0, 0.05) is 29.3 Å².